The molecule has 0 spiro atoms. The minimum Gasteiger partial charge on any atom is -0.436 e. The number of rotatable bonds is 4. The zero-order valence-corrected chi connectivity index (χ0v) is 10.8. The molecule has 0 radical (unpaired) electrons. The quantitative estimate of drug-likeness (QED) is 0.863. The van der Waals surface area contributed by atoms with Crippen LogP contribution >= 0.6 is 12.4 Å². The number of carbonyl (C=O) groups is 1. The maximum absolute atomic E-state index is 11.8. The van der Waals surface area contributed by atoms with Crippen molar-refractivity contribution in [3.63, 3.8) is 0 Å². The largest absolute Gasteiger partial charge is 0.436 e. The molecular formula is C10H18ClN3O2. The van der Waals surface area contributed by atoms with Crippen molar-refractivity contribution in [3.05, 3.63) is 17.3 Å². The first-order valence-electron chi connectivity index (χ1n) is 4.90. The first-order valence-corrected chi connectivity index (χ1v) is 4.90. The predicted molar refractivity (Wildman–Crippen MR) is 64.1 cm³/mol. The number of halogens is 1. The number of aryl methyl sites for hydroxylation is 2. The number of nitrogens with zero attached hydrogens (tertiary/aromatic N) is 2. The van der Waals surface area contributed by atoms with E-state index in [1.807, 2.05) is 7.05 Å². The molecule has 0 unspecified atom stereocenters. The third-order valence-corrected chi connectivity index (χ3v) is 2.14. The van der Waals surface area contributed by atoms with Gasteiger partial charge < -0.3 is 14.6 Å². The normalized spacial score (nSPS) is 9.75. The van der Waals surface area contributed by atoms with E-state index >= 15 is 0 Å². The van der Waals surface area contributed by atoms with E-state index in [4.69, 9.17) is 4.42 Å². The van der Waals surface area contributed by atoms with Crippen LogP contribution in [-0.4, -0.2) is 43.0 Å². The molecule has 0 aliphatic rings. The van der Waals surface area contributed by atoms with Crippen LogP contribution in [0.5, 0.6) is 0 Å². The Morgan fingerprint density at radius 3 is 2.56 bits per heavy atom. The Labute approximate surface area is 102 Å². The van der Waals surface area contributed by atoms with E-state index in [9.17, 15) is 4.79 Å². The zero-order valence-electron chi connectivity index (χ0n) is 10.0. The number of likely N-dealkylation sites (N-methyl/N-ethyl adjacent to an activating group) is 2. The molecule has 0 aliphatic heterocycles. The SMILES string of the molecule is CNCCN(C)C(=O)c1oc(C)nc1C.Cl. The van der Waals surface area contributed by atoms with Crippen molar-refractivity contribution in [1.29, 1.82) is 0 Å². The van der Waals surface area contributed by atoms with Gasteiger partial charge in [-0.1, -0.05) is 0 Å². The summed E-state index contributed by atoms with van der Waals surface area (Å²) in [5, 5.41) is 2.98. The van der Waals surface area contributed by atoms with Crippen LogP contribution in [0.1, 0.15) is 22.1 Å². The molecular weight excluding hydrogens is 230 g/mol. The van der Waals surface area contributed by atoms with Crippen molar-refractivity contribution >= 4 is 18.3 Å². The second-order valence-corrected chi connectivity index (χ2v) is 3.48. The van der Waals surface area contributed by atoms with Gasteiger partial charge in [0.25, 0.3) is 5.91 Å². The Kier molecular flexibility index (Phi) is 6.06. The minimum atomic E-state index is -0.122. The number of nitrogens with one attached hydrogen (secondary N) is 1. The molecule has 0 bridgehead atoms. The number of amides is 1. The fraction of sp³-hybridized carbons (Fsp3) is 0.600. The summed E-state index contributed by atoms with van der Waals surface area (Å²) in [7, 11) is 3.60. The van der Waals surface area contributed by atoms with Gasteiger partial charge >= 0.3 is 0 Å². The molecule has 1 heterocycles. The lowest BCUT2D eigenvalue weighted by atomic mass is 10.3. The average Bonchev–Trinajstić information content (AvgIpc) is 2.53. The van der Waals surface area contributed by atoms with Gasteiger partial charge in [0.2, 0.25) is 5.76 Å². The van der Waals surface area contributed by atoms with Crippen molar-refractivity contribution in [3.8, 4) is 0 Å². The van der Waals surface area contributed by atoms with Gasteiger partial charge in [0.15, 0.2) is 5.89 Å². The lowest BCUT2D eigenvalue weighted by molar-refractivity contribution is 0.0763. The molecule has 16 heavy (non-hydrogen) atoms. The Morgan fingerprint density at radius 1 is 1.50 bits per heavy atom. The summed E-state index contributed by atoms with van der Waals surface area (Å²) < 4.78 is 5.25. The van der Waals surface area contributed by atoms with Crippen molar-refractivity contribution in [2.45, 2.75) is 13.8 Å². The smallest absolute Gasteiger partial charge is 0.291 e. The zero-order chi connectivity index (χ0) is 11.4. The van der Waals surface area contributed by atoms with Gasteiger partial charge in [-0.05, 0) is 14.0 Å². The fourth-order valence-electron chi connectivity index (χ4n) is 1.28. The average molecular weight is 248 g/mol. The maximum atomic E-state index is 11.8. The molecule has 0 aliphatic carbocycles. The topological polar surface area (TPSA) is 58.4 Å². The molecule has 1 amide bonds. The highest BCUT2D eigenvalue weighted by molar-refractivity contribution is 5.92. The Bertz CT molecular complexity index is 352. The highest BCUT2D eigenvalue weighted by Crippen LogP contribution is 2.11. The van der Waals surface area contributed by atoms with Gasteiger partial charge in [0.05, 0.1) is 5.69 Å². The summed E-state index contributed by atoms with van der Waals surface area (Å²) in [5.41, 5.74) is 0.647. The third-order valence-electron chi connectivity index (χ3n) is 2.14. The van der Waals surface area contributed by atoms with Crippen molar-refractivity contribution < 1.29 is 9.21 Å². The number of hydrogen-bond acceptors (Lipinski definition) is 4. The Balaban J connectivity index is 0.00000225. The molecule has 0 saturated heterocycles. The van der Waals surface area contributed by atoms with Crippen LogP contribution in [0, 0.1) is 13.8 Å². The first-order chi connectivity index (χ1) is 7.06. The summed E-state index contributed by atoms with van der Waals surface area (Å²) in [6.45, 7) is 4.91. The van der Waals surface area contributed by atoms with E-state index in [1.165, 1.54) is 0 Å². The van der Waals surface area contributed by atoms with Gasteiger partial charge in [-0.2, -0.15) is 0 Å². The number of hydrogen-bond donors (Lipinski definition) is 1. The molecule has 0 atom stereocenters. The van der Waals surface area contributed by atoms with Crippen LogP contribution in [0.25, 0.3) is 0 Å². The second kappa shape index (κ2) is 6.50. The van der Waals surface area contributed by atoms with Crippen molar-refractivity contribution in [2.24, 2.45) is 0 Å². The van der Waals surface area contributed by atoms with Gasteiger partial charge in [0, 0.05) is 27.1 Å². The number of carbonyl (C=O) groups excluding carboxylic acids is 1. The highest BCUT2D eigenvalue weighted by Gasteiger charge is 2.19. The van der Waals surface area contributed by atoms with E-state index in [0.29, 0.717) is 23.9 Å². The standard InChI is InChI=1S/C10H17N3O2.ClH/c1-7-9(15-8(2)12-7)10(14)13(4)6-5-11-3;/h11H,5-6H2,1-4H3;1H. The number of oxazole rings is 1. The molecule has 1 aromatic heterocycles. The van der Waals surface area contributed by atoms with Crippen LogP contribution in [0.2, 0.25) is 0 Å². The molecule has 5 nitrogen and oxygen atoms in total. The van der Waals surface area contributed by atoms with Gasteiger partial charge in [-0.3, -0.25) is 4.79 Å². The molecule has 0 fully saturated rings. The first kappa shape index (κ1) is 14.9. The summed E-state index contributed by atoms with van der Waals surface area (Å²) in [4.78, 5) is 17.5. The van der Waals surface area contributed by atoms with Gasteiger partial charge in [-0.25, -0.2) is 4.98 Å². The molecule has 1 rings (SSSR count). The second-order valence-electron chi connectivity index (χ2n) is 3.48. The third kappa shape index (κ3) is 3.50. The minimum absolute atomic E-state index is 0. The summed E-state index contributed by atoms with van der Waals surface area (Å²) in [6, 6.07) is 0. The van der Waals surface area contributed by atoms with Crippen molar-refractivity contribution in [1.82, 2.24) is 15.2 Å². The van der Waals surface area contributed by atoms with E-state index in [1.54, 1.807) is 25.8 Å². The monoisotopic (exact) mass is 247 g/mol. The molecule has 6 heteroatoms. The van der Waals surface area contributed by atoms with E-state index in [2.05, 4.69) is 10.3 Å². The molecule has 92 valence electrons. The van der Waals surface area contributed by atoms with Crippen LogP contribution in [0.4, 0.5) is 0 Å². The Morgan fingerprint density at radius 2 is 2.12 bits per heavy atom. The molecule has 1 aromatic rings. The van der Waals surface area contributed by atoms with Crippen LogP contribution in [0.3, 0.4) is 0 Å². The fourth-order valence-corrected chi connectivity index (χ4v) is 1.28. The number of aromatic nitrogens is 1. The van der Waals surface area contributed by atoms with Crippen molar-refractivity contribution in [2.75, 3.05) is 27.2 Å². The summed E-state index contributed by atoms with van der Waals surface area (Å²) in [5.74, 6) is 0.743. The maximum Gasteiger partial charge on any atom is 0.291 e. The predicted octanol–water partition coefficient (Wildman–Crippen LogP) is 1.00. The van der Waals surface area contributed by atoms with Gasteiger partial charge in [-0.15, -0.1) is 12.4 Å². The van der Waals surface area contributed by atoms with Crippen LogP contribution < -0.4 is 5.32 Å². The lowest BCUT2D eigenvalue weighted by Crippen LogP contribution is -2.32. The lowest BCUT2D eigenvalue weighted by Gasteiger charge is -2.15. The molecule has 0 aromatic carbocycles. The van der Waals surface area contributed by atoms with Crippen LogP contribution in [-0.2, 0) is 0 Å². The van der Waals surface area contributed by atoms with E-state index in [0.717, 1.165) is 6.54 Å². The Hall–Kier alpha value is -1.07. The molecule has 1 N–H and O–H groups in total. The highest BCUT2D eigenvalue weighted by atomic mass is 35.5. The van der Waals surface area contributed by atoms with Gasteiger partial charge in [0.1, 0.15) is 0 Å². The van der Waals surface area contributed by atoms with E-state index in [-0.39, 0.29) is 18.3 Å². The molecule has 0 saturated carbocycles. The summed E-state index contributed by atoms with van der Waals surface area (Å²) >= 11 is 0. The van der Waals surface area contributed by atoms with Crippen LogP contribution in [0.15, 0.2) is 4.42 Å². The van der Waals surface area contributed by atoms with E-state index < -0.39 is 0 Å². The summed E-state index contributed by atoms with van der Waals surface area (Å²) in [6.07, 6.45) is 0.